The van der Waals surface area contributed by atoms with Crippen LogP contribution >= 0.6 is 27.7 Å². The third-order valence-electron chi connectivity index (χ3n) is 5.03. The maximum Gasteiger partial charge on any atom is 0.164 e. The van der Waals surface area contributed by atoms with Gasteiger partial charge in [-0.15, -0.1) is 0 Å². The summed E-state index contributed by atoms with van der Waals surface area (Å²) in [6.07, 6.45) is 0. The molecule has 9 heteroatoms. The molecule has 0 N–H and O–H groups in total. The van der Waals surface area contributed by atoms with Gasteiger partial charge in [0.1, 0.15) is 11.5 Å². The summed E-state index contributed by atoms with van der Waals surface area (Å²) in [7, 11) is 0.102. The van der Waals surface area contributed by atoms with E-state index in [2.05, 4.69) is 28.1 Å². The number of hydrogen-bond acceptors (Lipinski definition) is 7. The van der Waals surface area contributed by atoms with Crippen LogP contribution in [0, 0.1) is 0 Å². The maximum absolute atomic E-state index is 12.3. The molecule has 0 aromatic heterocycles. The number of anilines is 1. The van der Waals surface area contributed by atoms with Gasteiger partial charge in [0.2, 0.25) is 0 Å². The maximum atomic E-state index is 12.3. The lowest BCUT2D eigenvalue weighted by atomic mass is 10.1. The second-order valence-electron chi connectivity index (χ2n) is 6.95. The summed E-state index contributed by atoms with van der Waals surface area (Å²) >= 11 is 5.06. The molecule has 0 bridgehead atoms. The van der Waals surface area contributed by atoms with E-state index in [4.69, 9.17) is 14.5 Å². The molecule has 2 atom stereocenters. The highest BCUT2D eigenvalue weighted by molar-refractivity contribution is 9.10. The molecule has 6 nitrogen and oxygen atoms in total. The van der Waals surface area contributed by atoms with Crippen LogP contribution < -0.4 is 14.4 Å². The summed E-state index contributed by atoms with van der Waals surface area (Å²) in [6, 6.07) is 13.2. The molecule has 2 aliphatic heterocycles. The Balaban J connectivity index is 1.68. The van der Waals surface area contributed by atoms with Crippen LogP contribution in [0.5, 0.6) is 11.5 Å². The quantitative estimate of drug-likeness (QED) is 0.627. The van der Waals surface area contributed by atoms with E-state index < -0.39 is 9.84 Å². The first-order valence-electron chi connectivity index (χ1n) is 9.07. The first-order chi connectivity index (χ1) is 13.9. The molecular weight excluding hydrogens is 476 g/mol. The minimum atomic E-state index is -3.11. The number of halogens is 1. The van der Waals surface area contributed by atoms with E-state index >= 15 is 0 Å². The van der Waals surface area contributed by atoms with Crippen molar-refractivity contribution in [3.8, 4) is 11.5 Å². The van der Waals surface area contributed by atoms with Gasteiger partial charge in [0.15, 0.2) is 15.0 Å². The molecule has 0 saturated carbocycles. The van der Waals surface area contributed by atoms with Crippen molar-refractivity contribution in [1.82, 2.24) is 0 Å². The Morgan fingerprint density at radius 1 is 1.14 bits per heavy atom. The molecule has 2 aliphatic rings. The molecule has 1 fully saturated rings. The molecule has 0 spiro atoms. The molecule has 29 heavy (non-hydrogen) atoms. The average Bonchev–Trinajstić information content (AvgIpc) is 3.17. The molecule has 2 heterocycles. The van der Waals surface area contributed by atoms with Crippen molar-refractivity contribution in [1.29, 1.82) is 0 Å². The van der Waals surface area contributed by atoms with Gasteiger partial charge in [-0.2, -0.15) is 0 Å². The summed E-state index contributed by atoms with van der Waals surface area (Å²) in [5.41, 5.74) is 1.95. The summed E-state index contributed by atoms with van der Waals surface area (Å²) in [5, 5.41) is 0.810. The number of nitrogens with zero attached hydrogens (tertiary/aromatic N) is 2. The van der Waals surface area contributed by atoms with Crippen LogP contribution in [-0.4, -0.2) is 51.4 Å². The number of sulfone groups is 1. The third kappa shape index (κ3) is 4.27. The minimum Gasteiger partial charge on any atom is -0.497 e. The first kappa shape index (κ1) is 20.6. The first-order valence-corrected chi connectivity index (χ1v) is 12.7. The van der Waals surface area contributed by atoms with Gasteiger partial charge in [-0.05, 0) is 29.8 Å². The molecule has 0 unspecified atom stereocenters. The highest BCUT2D eigenvalue weighted by Crippen LogP contribution is 2.41. The molecular formula is C20H21BrN2O4S2. The van der Waals surface area contributed by atoms with Crippen LogP contribution in [0.4, 0.5) is 5.69 Å². The highest BCUT2D eigenvalue weighted by Gasteiger charge is 2.47. The molecule has 0 aliphatic carbocycles. The van der Waals surface area contributed by atoms with Gasteiger partial charge in [0.25, 0.3) is 0 Å². The van der Waals surface area contributed by atoms with Crippen molar-refractivity contribution < 1.29 is 17.9 Å². The Hall–Kier alpha value is -1.71. The molecule has 2 aromatic rings. The molecule has 154 valence electrons. The molecule has 0 amide bonds. The van der Waals surface area contributed by atoms with Crippen LogP contribution in [0.25, 0.3) is 0 Å². The minimum absolute atomic E-state index is 0.0861. The van der Waals surface area contributed by atoms with Crippen molar-refractivity contribution in [2.24, 2.45) is 4.99 Å². The van der Waals surface area contributed by atoms with Crippen molar-refractivity contribution in [2.45, 2.75) is 17.8 Å². The Morgan fingerprint density at radius 2 is 1.90 bits per heavy atom. The van der Waals surface area contributed by atoms with Crippen LogP contribution in [0.3, 0.4) is 0 Å². The second-order valence-corrected chi connectivity index (χ2v) is 11.0. The zero-order chi connectivity index (χ0) is 20.6. The molecule has 0 radical (unpaired) electrons. The average molecular weight is 497 g/mol. The number of ether oxygens (including phenoxy) is 2. The van der Waals surface area contributed by atoms with Crippen molar-refractivity contribution >= 4 is 48.4 Å². The normalized spacial score (nSPS) is 22.3. The van der Waals surface area contributed by atoms with E-state index in [-0.39, 0.29) is 23.6 Å². The zero-order valence-electron chi connectivity index (χ0n) is 16.0. The van der Waals surface area contributed by atoms with E-state index in [1.165, 1.54) is 5.56 Å². The fourth-order valence-corrected chi connectivity index (χ4v) is 6.81. The zero-order valence-corrected chi connectivity index (χ0v) is 19.3. The van der Waals surface area contributed by atoms with Crippen LogP contribution in [0.1, 0.15) is 5.56 Å². The number of hydrogen-bond donors (Lipinski definition) is 0. The van der Waals surface area contributed by atoms with Gasteiger partial charge in [0.05, 0.1) is 43.5 Å². The summed E-state index contributed by atoms with van der Waals surface area (Å²) < 4.78 is 36.5. The Labute approximate surface area is 183 Å². The van der Waals surface area contributed by atoms with Gasteiger partial charge in [-0.3, -0.25) is 4.99 Å². The SMILES string of the molecule is COc1ccc(OC)c(N2C(SCc3ccc(Br)cc3)=N[C@H]3CS(=O)(=O)C[C@H]32)c1. The Kier molecular flexibility index (Phi) is 5.81. The van der Waals surface area contributed by atoms with E-state index in [0.717, 1.165) is 21.1 Å². The van der Waals surface area contributed by atoms with Gasteiger partial charge in [0, 0.05) is 16.3 Å². The topological polar surface area (TPSA) is 68.2 Å². The van der Waals surface area contributed by atoms with Crippen LogP contribution in [0.2, 0.25) is 0 Å². The standard InChI is InChI=1S/C20H21BrN2O4S2/c1-26-15-7-8-19(27-2)17(9-15)23-18-12-29(24,25)11-16(18)22-20(23)28-10-13-3-5-14(21)6-4-13/h3-9,16,18H,10-12H2,1-2H3/t16-,18+/m0/s1. The molecule has 1 saturated heterocycles. The van der Waals surface area contributed by atoms with Crippen LogP contribution in [0.15, 0.2) is 51.9 Å². The predicted molar refractivity (Wildman–Crippen MR) is 121 cm³/mol. The lowest BCUT2D eigenvalue weighted by Gasteiger charge is -2.28. The number of amidine groups is 1. The predicted octanol–water partition coefficient (Wildman–Crippen LogP) is 3.74. The number of methoxy groups -OCH3 is 2. The Morgan fingerprint density at radius 3 is 2.59 bits per heavy atom. The fraction of sp³-hybridized carbons (Fsp3) is 0.350. The van der Waals surface area contributed by atoms with Crippen molar-refractivity contribution in [3.05, 3.63) is 52.5 Å². The third-order valence-corrected chi connectivity index (χ3v) is 8.30. The summed E-state index contributed by atoms with van der Waals surface area (Å²) in [5.74, 6) is 2.25. The van der Waals surface area contributed by atoms with E-state index in [9.17, 15) is 8.42 Å². The van der Waals surface area contributed by atoms with Crippen LogP contribution in [-0.2, 0) is 15.6 Å². The number of rotatable bonds is 5. The van der Waals surface area contributed by atoms with E-state index in [1.807, 2.05) is 35.2 Å². The van der Waals surface area contributed by atoms with Crippen molar-refractivity contribution in [2.75, 3.05) is 30.6 Å². The van der Waals surface area contributed by atoms with E-state index in [0.29, 0.717) is 11.5 Å². The molecule has 2 aromatic carbocycles. The Bertz CT molecular complexity index is 1040. The smallest absolute Gasteiger partial charge is 0.164 e. The van der Waals surface area contributed by atoms with E-state index in [1.54, 1.807) is 26.0 Å². The largest absolute Gasteiger partial charge is 0.497 e. The lowest BCUT2D eigenvalue weighted by molar-refractivity contribution is 0.403. The second kappa shape index (κ2) is 8.20. The van der Waals surface area contributed by atoms with Gasteiger partial charge >= 0.3 is 0 Å². The van der Waals surface area contributed by atoms with Crippen molar-refractivity contribution in [3.63, 3.8) is 0 Å². The fourth-order valence-electron chi connectivity index (χ4n) is 3.63. The lowest BCUT2D eigenvalue weighted by Crippen LogP contribution is -2.39. The monoisotopic (exact) mass is 496 g/mol. The number of thioether (sulfide) groups is 1. The molecule has 4 rings (SSSR count). The highest BCUT2D eigenvalue weighted by atomic mass is 79.9. The summed E-state index contributed by atoms with van der Waals surface area (Å²) in [4.78, 5) is 6.80. The van der Waals surface area contributed by atoms with Gasteiger partial charge in [-0.1, -0.05) is 39.8 Å². The number of aliphatic imine (C=N–C) groups is 1. The van der Waals surface area contributed by atoms with Gasteiger partial charge in [-0.25, -0.2) is 8.42 Å². The number of fused-ring (bicyclic) bond motifs is 1. The number of benzene rings is 2. The van der Waals surface area contributed by atoms with Gasteiger partial charge < -0.3 is 14.4 Å². The summed E-state index contributed by atoms with van der Waals surface area (Å²) in [6.45, 7) is 0.